The van der Waals surface area contributed by atoms with E-state index in [1.807, 2.05) is 0 Å². The number of anilines is 1. The highest BCUT2D eigenvalue weighted by molar-refractivity contribution is 6.10. The summed E-state index contributed by atoms with van der Waals surface area (Å²) in [7, 11) is 0. The summed E-state index contributed by atoms with van der Waals surface area (Å²) >= 11 is 0. The molecule has 7 heteroatoms. The van der Waals surface area contributed by atoms with Crippen molar-refractivity contribution in [3.63, 3.8) is 0 Å². The fraction of sp³-hybridized carbons (Fsp3) is 0.167. The van der Waals surface area contributed by atoms with Gasteiger partial charge in [0.1, 0.15) is 11.9 Å². The molecule has 0 fully saturated rings. The molecule has 2 aromatic rings. The minimum absolute atomic E-state index is 0.188. The van der Waals surface area contributed by atoms with Crippen LogP contribution in [-0.2, 0) is 16.1 Å². The maximum Gasteiger partial charge on any atom is 0.254 e. The molecular formula is C18H16FN3O3. The molecular weight excluding hydrogens is 325 g/mol. The third-order valence-corrected chi connectivity index (χ3v) is 3.84. The predicted octanol–water partition coefficient (Wildman–Crippen LogP) is 1.58. The Morgan fingerprint density at radius 3 is 2.56 bits per heavy atom. The van der Waals surface area contributed by atoms with Crippen molar-refractivity contribution in [3.05, 3.63) is 65.5 Å². The Labute approximate surface area is 143 Å². The molecule has 0 aliphatic carbocycles. The highest BCUT2D eigenvalue weighted by Gasteiger charge is 2.29. The van der Waals surface area contributed by atoms with E-state index in [-0.39, 0.29) is 18.8 Å². The topological polar surface area (TPSA) is 87.3 Å². The van der Waals surface area contributed by atoms with Crippen LogP contribution in [0.5, 0.6) is 0 Å². The van der Waals surface area contributed by atoms with Crippen LogP contribution < -0.4 is 16.0 Å². The molecule has 3 N–H and O–H groups in total. The van der Waals surface area contributed by atoms with E-state index in [4.69, 9.17) is 0 Å². The fourth-order valence-corrected chi connectivity index (χ4v) is 2.52. The van der Waals surface area contributed by atoms with Gasteiger partial charge >= 0.3 is 0 Å². The molecule has 25 heavy (non-hydrogen) atoms. The van der Waals surface area contributed by atoms with Crippen LogP contribution in [0.15, 0.2) is 48.5 Å². The molecule has 0 saturated heterocycles. The van der Waals surface area contributed by atoms with Crippen LogP contribution in [-0.4, -0.2) is 23.8 Å². The van der Waals surface area contributed by atoms with Crippen LogP contribution in [0.4, 0.5) is 10.1 Å². The summed E-state index contributed by atoms with van der Waals surface area (Å²) in [6.07, 6.45) is -0.188. The Bertz CT molecular complexity index is 821. The zero-order valence-corrected chi connectivity index (χ0v) is 13.2. The molecule has 0 bridgehead atoms. The molecule has 1 atom stereocenters. The summed E-state index contributed by atoms with van der Waals surface area (Å²) in [5.41, 5.74) is 1.50. The Balaban J connectivity index is 1.60. The lowest BCUT2D eigenvalue weighted by Gasteiger charge is -2.14. The van der Waals surface area contributed by atoms with Crippen LogP contribution in [0.1, 0.15) is 22.3 Å². The van der Waals surface area contributed by atoms with Crippen LogP contribution in [0.3, 0.4) is 0 Å². The number of hydrogen-bond donors (Lipinski definition) is 3. The van der Waals surface area contributed by atoms with E-state index in [1.165, 1.54) is 12.1 Å². The molecule has 1 aliphatic rings. The van der Waals surface area contributed by atoms with Crippen LogP contribution in [0.2, 0.25) is 0 Å². The summed E-state index contributed by atoms with van der Waals surface area (Å²) in [4.78, 5) is 36.5. The molecule has 3 rings (SSSR count). The van der Waals surface area contributed by atoms with Crippen molar-refractivity contribution in [1.82, 2.24) is 10.6 Å². The third-order valence-electron chi connectivity index (χ3n) is 3.84. The SMILES string of the molecule is O=C(C[C@@H]1NC(=O)c2ccccc2NC1=O)NCc1ccc(F)cc1. The van der Waals surface area contributed by atoms with E-state index in [0.29, 0.717) is 11.3 Å². The average molecular weight is 341 g/mol. The molecule has 0 radical (unpaired) electrons. The maximum atomic E-state index is 12.9. The lowest BCUT2D eigenvalue weighted by atomic mass is 10.1. The highest BCUT2D eigenvalue weighted by Crippen LogP contribution is 2.18. The first-order valence-corrected chi connectivity index (χ1v) is 7.75. The van der Waals surface area contributed by atoms with E-state index in [1.54, 1.807) is 36.4 Å². The summed E-state index contributed by atoms with van der Waals surface area (Å²) in [5, 5.41) is 7.85. The number of nitrogens with one attached hydrogen (secondary N) is 3. The minimum Gasteiger partial charge on any atom is -0.352 e. The van der Waals surface area contributed by atoms with Gasteiger partial charge in [0, 0.05) is 6.54 Å². The monoisotopic (exact) mass is 341 g/mol. The number of carbonyl (C=O) groups is 3. The highest BCUT2D eigenvalue weighted by atomic mass is 19.1. The minimum atomic E-state index is -0.965. The lowest BCUT2D eigenvalue weighted by molar-refractivity contribution is -0.125. The quantitative estimate of drug-likeness (QED) is 0.789. The first kappa shape index (κ1) is 16.6. The van der Waals surface area contributed by atoms with Crippen molar-refractivity contribution in [3.8, 4) is 0 Å². The average Bonchev–Trinajstić information content (AvgIpc) is 2.71. The lowest BCUT2D eigenvalue weighted by Crippen LogP contribution is -2.44. The van der Waals surface area contributed by atoms with Crippen molar-refractivity contribution >= 4 is 23.4 Å². The van der Waals surface area contributed by atoms with E-state index < -0.39 is 23.8 Å². The predicted molar refractivity (Wildman–Crippen MR) is 89.2 cm³/mol. The Kier molecular flexibility index (Phi) is 4.74. The molecule has 0 unspecified atom stereocenters. The van der Waals surface area contributed by atoms with Gasteiger partial charge in [0.15, 0.2) is 0 Å². The first-order chi connectivity index (χ1) is 12.0. The molecule has 0 aromatic heterocycles. The largest absolute Gasteiger partial charge is 0.352 e. The Morgan fingerprint density at radius 1 is 1.08 bits per heavy atom. The summed E-state index contributed by atoms with van der Waals surface area (Å²) in [6, 6.07) is 11.4. The molecule has 1 heterocycles. The fourth-order valence-electron chi connectivity index (χ4n) is 2.52. The van der Waals surface area contributed by atoms with Gasteiger partial charge in [0.2, 0.25) is 11.8 Å². The van der Waals surface area contributed by atoms with Gasteiger partial charge in [-0.25, -0.2) is 4.39 Å². The van der Waals surface area contributed by atoms with Gasteiger partial charge in [0.05, 0.1) is 17.7 Å². The second-order valence-electron chi connectivity index (χ2n) is 5.67. The van der Waals surface area contributed by atoms with Crippen LogP contribution in [0, 0.1) is 5.82 Å². The third kappa shape index (κ3) is 4.00. The molecule has 128 valence electrons. The van der Waals surface area contributed by atoms with Gasteiger partial charge in [-0.05, 0) is 29.8 Å². The molecule has 3 amide bonds. The van der Waals surface area contributed by atoms with E-state index in [0.717, 1.165) is 5.56 Å². The van der Waals surface area contributed by atoms with Crippen molar-refractivity contribution in [2.75, 3.05) is 5.32 Å². The smallest absolute Gasteiger partial charge is 0.254 e. The number of hydrogen-bond acceptors (Lipinski definition) is 3. The molecule has 0 spiro atoms. The zero-order chi connectivity index (χ0) is 17.8. The van der Waals surface area contributed by atoms with Gasteiger partial charge in [-0.15, -0.1) is 0 Å². The number of carbonyl (C=O) groups excluding carboxylic acids is 3. The summed E-state index contributed by atoms with van der Waals surface area (Å²) < 4.78 is 12.9. The van der Waals surface area contributed by atoms with Crippen molar-refractivity contribution in [1.29, 1.82) is 0 Å². The molecule has 2 aromatic carbocycles. The first-order valence-electron chi connectivity index (χ1n) is 7.75. The normalized spacial score (nSPS) is 16.3. The molecule has 1 aliphatic heterocycles. The van der Waals surface area contributed by atoms with Crippen molar-refractivity contribution in [2.24, 2.45) is 0 Å². The van der Waals surface area contributed by atoms with E-state index in [9.17, 15) is 18.8 Å². The van der Waals surface area contributed by atoms with E-state index in [2.05, 4.69) is 16.0 Å². The number of benzene rings is 2. The Hall–Kier alpha value is -3.22. The van der Waals surface area contributed by atoms with E-state index >= 15 is 0 Å². The number of rotatable bonds is 4. The standard InChI is InChI=1S/C18H16FN3O3/c19-12-7-5-11(6-8-12)10-20-16(23)9-15-18(25)21-14-4-2-1-3-13(14)17(24)22-15/h1-8,15H,9-10H2,(H,20,23)(H,21,25)(H,22,24)/t15-/m0/s1. The Morgan fingerprint density at radius 2 is 1.80 bits per heavy atom. The van der Waals surface area contributed by atoms with Gasteiger partial charge in [-0.1, -0.05) is 24.3 Å². The zero-order valence-electron chi connectivity index (χ0n) is 13.2. The van der Waals surface area contributed by atoms with Crippen LogP contribution >= 0.6 is 0 Å². The number of amides is 3. The van der Waals surface area contributed by atoms with Gasteiger partial charge < -0.3 is 16.0 Å². The summed E-state index contributed by atoms with van der Waals surface area (Å²) in [6.45, 7) is 0.210. The van der Waals surface area contributed by atoms with Crippen molar-refractivity contribution in [2.45, 2.75) is 19.0 Å². The van der Waals surface area contributed by atoms with Gasteiger partial charge in [0.25, 0.3) is 5.91 Å². The number of para-hydroxylation sites is 1. The molecule has 0 saturated carbocycles. The number of halogens is 1. The maximum absolute atomic E-state index is 12.9. The van der Waals surface area contributed by atoms with Crippen molar-refractivity contribution < 1.29 is 18.8 Å². The second kappa shape index (κ2) is 7.12. The second-order valence-corrected chi connectivity index (χ2v) is 5.67. The summed E-state index contributed by atoms with van der Waals surface area (Å²) in [5.74, 6) is -1.61. The van der Waals surface area contributed by atoms with Crippen LogP contribution in [0.25, 0.3) is 0 Å². The molecule has 6 nitrogen and oxygen atoms in total. The van der Waals surface area contributed by atoms with Gasteiger partial charge in [-0.3, -0.25) is 14.4 Å². The van der Waals surface area contributed by atoms with Gasteiger partial charge in [-0.2, -0.15) is 0 Å². The number of fused-ring (bicyclic) bond motifs is 1.